The second-order valence-corrected chi connectivity index (χ2v) is 26.0. The molecule has 1 fully saturated rings. The lowest BCUT2D eigenvalue weighted by Gasteiger charge is -2.21. The summed E-state index contributed by atoms with van der Waals surface area (Å²) in [5.74, 6) is 2.72. The van der Waals surface area contributed by atoms with Gasteiger partial charge in [0.15, 0.2) is 11.5 Å². The molecule has 0 aliphatic heterocycles. The molecule has 0 saturated heterocycles. The monoisotopic (exact) mass is 598 g/mol. The van der Waals surface area contributed by atoms with E-state index in [0.717, 1.165) is 60.9 Å². The molecule has 0 amide bonds. The summed E-state index contributed by atoms with van der Waals surface area (Å²) in [6.45, 7) is 21.5. The highest BCUT2D eigenvalue weighted by atomic mass is 28.3. The van der Waals surface area contributed by atoms with Crippen molar-refractivity contribution in [2.45, 2.75) is 91.5 Å². The van der Waals surface area contributed by atoms with Crippen molar-refractivity contribution in [2.24, 2.45) is 17.3 Å². The molecule has 3 atom stereocenters. The Balaban J connectivity index is 1.55. The highest BCUT2D eigenvalue weighted by Crippen LogP contribution is 2.64. The molecule has 41 heavy (non-hydrogen) atoms. The van der Waals surface area contributed by atoms with Gasteiger partial charge in [-0.15, -0.1) is 0 Å². The minimum absolute atomic E-state index is 0.344. The minimum Gasteiger partial charge on any atom is -0.479 e. The summed E-state index contributed by atoms with van der Waals surface area (Å²) in [5, 5.41) is 8.43. The van der Waals surface area contributed by atoms with Crippen LogP contribution in [0.15, 0.2) is 6.07 Å². The van der Waals surface area contributed by atoms with Gasteiger partial charge in [0.2, 0.25) is 5.88 Å². The van der Waals surface area contributed by atoms with Crippen molar-refractivity contribution in [3.8, 4) is 17.4 Å². The van der Waals surface area contributed by atoms with Gasteiger partial charge < -0.3 is 19.5 Å². The topological polar surface area (TPSA) is 88.3 Å². The third-order valence-corrected chi connectivity index (χ3v) is 12.7. The molecule has 0 bridgehead atoms. The first kappa shape index (κ1) is 30.2. The number of anilines is 1. The van der Waals surface area contributed by atoms with Gasteiger partial charge in [-0.3, -0.25) is 4.57 Å². The maximum atomic E-state index is 6.30. The van der Waals surface area contributed by atoms with Crippen LogP contribution in [0.2, 0.25) is 51.4 Å². The van der Waals surface area contributed by atoms with E-state index in [0.29, 0.717) is 42.2 Å². The van der Waals surface area contributed by atoms with Crippen LogP contribution in [-0.4, -0.2) is 67.8 Å². The highest BCUT2D eigenvalue weighted by Gasteiger charge is 2.61. The Morgan fingerprint density at radius 3 is 2.29 bits per heavy atom. The fourth-order valence-corrected chi connectivity index (χ4v) is 7.68. The summed E-state index contributed by atoms with van der Waals surface area (Å²) in [7, 11) is 1.14. The second-order valence-electron chi connectivity index (χ2n) is 14.8. The predicted octanol–water partition coefficient (Wildman–Crippen LogP) is 6.34. The van der Waals surface area contributed by atoms with E-state index in [2.05, 4.69) is 73.8 Å². The maximum absolute atomic E-state index is 6.30. The van der Waals surface area contributed by atoms with Crippen LogP contribution in [0.5, 0.6) is 5.88 Å². The Hall–Kier alpha value is -2.22. The minimum atomic E-state index is -1.21. The zero-order valence-electron chi connectivity index (χ0n) is 26.8. The van der Waals surface area contributed by atoms with E-state index in [1.165, 1.54) is 11.3 Å². The first-order valence-electron chi connectivity index (χ1n) is 15.1. The SMILES string of the molecule is CNc1cc2c(nc1OC)nc(-c1nn(COCC[Si](C)(C)C)c3c1C[C@@H]1[C@H](C)[C@]1(C)C3)n2COCC[Si](C)(C)C. The van der Waals surface area contributed by atoms with Gasteiger partial charge in [0.1, 0.15) is 19.2 Å². The normalized spacial score (nSPS) is 22.1. The summed E-state index contributed by atoms with van der Waals surface area (Å²) in [6, 6.07) is 4.31. The molecule has 1 saturated carbocycles. The number of nitrogens with one attached hydrogen (secondary N) is 1. The van der Waals surface area contributed by atoms with Crippen LogP contribution in [0.25, 0.3) is 22.7 Å². The number of pyridine rings is 1. The Morgan fingerprint density at radius 1 is 1.02 bits per heavy atom. The molecule has 0 aromatic carbocycles. The van der Waals surface area contributed by atoms with Gasteiger partial charge in [-0.1, -0.05) is 53.1 Å². The number of fused-ring (bicyclic) bond motifs is 3. The van der Waals surface area contributed by atoms with Crippen molar-refractivity contribution >= 4 is 33.0 Å². The molecular weight excluding hydrogens is 549 g/mol. The molecule has 1 N–H and O–H groups in total. The summed E-state index contributed by atoms with van der Waals surface area (Å²) in [4.78, 5) is 9.85. The van der Waals surface area contributed by atoms with E-state index < -0.39 is 16.1 Å². The number of ether oxygens (including phenoxy) is 3. The molecular formula is C30H50N6O3Si2. The molecule has 9 nitrogen and oxygen atoms in total. The van der Waals surface area contributed by atoms with Crippen LogP contribution in [0.3, 0.4) is 0 Å². The van der Waals surface area contributed by atoms with Gasteiger partial charge in [0.05, 0.1) is 18.3 Å². The predicted molar refractivity (Wildman–Crippen MR) is 171 cm³/mol. The van der Waals surface area contributed by atoms with Gasteiger partial charge in [0, 0.05) is 47.7 Å². The van der Waals surface area contributed by atoms with E-state index in [4.69, 9.17) is 29.3 Å². The molecule has 3 aromatic rings. The quantitative estimate of drug-likeness (QED) is 0.181. The number of imidazole rings is 1. The van der Waals surface area contributed by atoms with Gasteiger partial charge in [-0.2, -0.15) is 10.1 Å². The van der Waals surface area contributed by atoms with Crippen LogP contribution < -0.4 is 10.1 Å². The van der Waals surface area contributed by atoms with E-state index in [1.54, 1.807) is 7.11 Å². The number of hydrogen-bond donors (Lipinski definition) is 1. The number of methoxy groups -OCH3 is 1. The Labute approximate surface area is 247 Å². The molecule has 2 aliphatic carbocycles. The Kier molecular flexibility index (Phi) is 8.21. The largest absolute Gasteiger partial charge is 0.479 e. The smallest absolute Gasteiger partial charge is 0.239 e. The lowest BCUT2D eigenvalue weighted by molar-refractivity contribution is 0.0755. The summed E-state index contributed by atoms with van der Waals surface area (Å²) in [6.07, 6.45) is 2.05. The average Bonchev–Trinajstić information content (AvgIpc) is 3.16. The average molecular weight is 599 g/mol. The number of rotatable bonds is 13. The fraction of sp³-hybridized carbons (Fsp3) is 0.700. The summed E-state index contributed by atoms with van der Waals surface area (Å²) in [5.41, 5.74) is 6.26. The van der Waals surface area contributed by atoms with Crippen LogP contribution in [-0.2, 0) is 35.8 Å². The lowest BCUT2D eigenvalue weighted by atomic mass is 9.87. The van der Waals surface area contributed by atoms with E-state index in [9.17, 15) is 0 Å². The van der Waals surface area contributed by atoms with Crippen molar-refractivity contribution in [1.29, 1.82) is 0 Å². The Bertz CT molecular complexity index is 1410. The molecule has 0 radical (unpaired) electrons. The van der Waals surface area contributed by atoms with Crippen LogP contribution in [0.1, 0.15) is 25.1 Å². The standard InChI is InChI=1S/C30H50N6O3Si2/c1-20-22-15-21-25(17-30(20,22)2)36(19-39-12-14-41(8,9)10)34-26(21)28-32-27-24(16-23(31-3)29(33-27)37-4)35(28)18-38-11-13-40(5,6)7/h16,20,22,31H,11-15,17-19H2,1-10H3/t20-,22+,30-/m0/s1. The van der Waals surface area contributed by atoms with Crippen molar-refractivity contribution < 1.29 is 14.2 Å². The molecule has 5 rings (SSSR count). The van der Waals surface area contributed by atoms with Gasteiger partial charge in [-0.05, 0) is 48.2 Å². The Morgan fingerprint density at radius 2 is 1.68 bits per heavy atom. The van der Waals surface area contributed by atoms with Crippen LogP contribution >= 0.6 is 0 Å². The molecule has 226 valence electrons. The molecule has 11 heteroatoms. The first-order valence-corrected chi connectivity index (χ1v) is 22.5. The van der Waals surface area contributed by atoms with Gasteiger partial charge in [-0.25, -0.2) is 9.67 Å². The third-order valence-electron chi connectivity index (χ3n) is 9.33. The van der Waals surface area contributed by atoms with E-state index in [1.807, 2.05) is 7.05 Å². The molecule has 3 aromatic heterocycles. The third kappa shape index (κ3) is 6.14. The number of hydrogen-bond acceptors (Lipinski definition) is 7. The van der Waals surface area contributed by atoms with Gasteiger partial charge in [0.25, 0.3) is 0 Å². The number of aromatic nitrogens is 5. The molecule has 3 heterocycles. The van der Waals surface area contributed by atoms with E-state index >= 15 is 0 Å². The maximum Gasteiger partial charge on any atom is 0.239 e. The highest BCUT2D eigenvalue weighted by molar-refractivity contribution is 6.76. The summed E-state index contributed by atoms with van der Waals surface area (Å²) >= 11 is 0. The second kappa shape index (κ2) is 11.1. The van der Waals surface area contributed by atoms with Crippen LogP contribution in [0.4, 0.5) is 5.69 Å². The van der Waals surface area contributed by atoms with Gasteiger partial charge >= 0.3 is 0 Å². The lowest BCUT2D eigenvalue weighted by Crippen LogP contribution is -2.23. The first-order chi connectivity index (χ1) is 19.3. The fourth-order valence-electron chi connectivity index (χ4n) is 6.17. The zero-order chi connectivity index (χ0) is 29.7. The number of nitrogens with zero attached hydrogens (tertiary/aromatic N) is 5. The van der Waals surface area contributed by atoms with Crippen molar-refractivity contribution in [3.05, 3.63) is 17.3 Å². The summed E-state index contributed by atoms with van der Waals surface area (Å²) < 4.78 is 22.4. The molecule has 2 aliphatic rings. The van der Waals surface area contributed by atoms with Crippen molar-refractivity contribution in [3.63, 3.8) is 0 Å². The van der Waals surface area contributed by atoms with Crippen LogP contribution in [0, 0.1) is 17.3 Å². The van der Waals surface area contributed by atoms with Crippen molar-refractivity contribution in [1.82, 2.24) is 24.3 Å². The van der Waals surface area contributed by atoms with Crippen molar-refractivity contribution in [2.75, 3.05) is 32.7 Å². The molecule has 0 spiro atoms. The zero-order valence-corrected chi connectivity index (χ0v) is 28.8. The van der Waals surface area contributed by atoms with E-state index in [-0.39, 0.29) is 0 Å². The molecule has 0 unspecified atom stereocenters.